The van der Waals surface area contributed by atoms with E-state index in [1.54, 1.807) is 31.2 Å². The third-order valence-electron chi connectivity index (χ3n) is 3.53. The first-order chi connectivity index (χ1) is 11.1. The lowest BCUT2D eigenvalue weighted by Gasteiger charge is -2.22. The number of furan rings is 1. The average molecular weight is 334 g/mol. The minimum atomic E-state index is -0.655. The highest BCUT2D eigenvalue weighted by atomic mass is 32.2. The first kappa shape index (κ1) is 15.6. The fourth-order valence-electron chi connectivity index (χ4n) is 2.33. The number of anilines is 1. The molecule has 5 nitrogen and oxygen atoms in total. The number of thioether (sulfide) groups is 1. The number of amides is 2. The second-order valence-corrected chi connectivity index (χ2v) is 6.17. The number of benzene rings is 1. The van der Waals surface area contributed by atoms with E-state index in [9.17, 15) is 14.0 Å². The molecule has 1 saturated heterocycles. The van der Waals surface area contributed by atoms with E-state index in [1.807, 2.05) is 0 Å². The van der Waals surface area contributed by atoms with Crippen LogP contribution >= 0.6 is 11.8 Å². The number of carbonyl (C=O) groups excluding carboxylic acids is 2. The van der Waals surface area contributed by atoms with Crippen LogP contribution in [0.4, 0.5) is 10.1 Å². The van der Waals surface area contributed by atoms with Crippen molar-refractivity contribution >= 4 is 29.3 Å². The van der Waals surface area contributed by atoms with E-state index < -0.39 is 17.8 Å². The Labute approximate surface area is 136 Å². The van der Waals surface area contributed by atoms with Gasteiger partial charge in [0.05, 0.1) is 11.6 Å². The smallest absolute Gasteiger partial charge is 0.290 e. The zero-order valence-electron chi connectivity index (χ0n) is 12.4. The van der Waals surface area contributed by atoms with Crippen LogP contribution in [0.15, 0.2) is 40.8 Å². The molecule has 1 N–H and O–H groups in total. The molecule has 1 atom stereocenters. The maximum absolute atomic E-state index is 13.6. The number of aryl methyl sites for hydroxylation is 1. The highest BCUT2D eigenvalue weighted by Crippen LogP contribution is 2.25. The van der Waals surface area contributed by atoms with Gasteiger partial charge in [0.15, 0.2) is 5.76 Å². The van der Waals surface area contributed by atoms with Gasteiger partial charge in [0.2, 0.25) is 5.91 Å². The topological polar surface area (TPSA) is 62.6 Å². The van der Waals surface area contributed by atoms with Gasteiger partial charge in [-0.1, -0.05) is 12.1 Å². The molecule has 2 aromatic rings. The summed E-state index contributed by atoms with van der Waals surface area (Å²) >= 11 is 1.47. The first-order valence-corrected chi connectivity index (χ1v) is 8.22. The summed E-state index contributed by atoms with van der Waals surface area (Å²) in [5, 5.41) is 2.54. The van der Waals surface area contributed by atoms with Crippen molar-refractivity contribution in [3.8, 4) is 0 Å². The number of rotatable bonds is 3. The molecule has 3 rings (SSSR count). The first-order valence-electron chi connectivity index (χ1n) is 7.07. The van der Waals surface area contributed by atoms with E-state index in [2.05, 4.69) is 5.32 Å². The molecule has 1 aromatic carbocycles. The molecule has 1 fully saturated rings. The van der Waals surface area contributed by atoms with Gasteiger partial charge in [-0.15, -0.1) is 11.8 Å². The normalized spacial score (nSPS) is 17.3. The van der Waals surface area contributed by atoms with Crippen molar-refractivity contribution in [1.82, 2.24) is 4.90 Å². The molecular formula is C16H15FN2O3S. The van der Waals surface area contributed by atoms with E-state index >= 15 is 0 Å². The summed E-state index contributed by atoms with van der Waals surface area (Å²) in [6.07, 6.45) is 0. The largest absolute Gasteiger partial charge is 0.456 e. The van der Waals surface area contributed by atoms with Gasteiger partial charge in [-0.2, -0.15) is 0 Å². The molecule has 120 valence electrons. The Bertz CT molecular complexity index is 746. The van der Waals surface area contributed by atoms with Gasteiger partial charge in [0.1, 0.15) is 17.6 Å². The molecule has 0 spiro atoms. The summed E-state index contributed by atoms with van der Waals surface area (Å²) in [7, 11) is 0. The van der Waals surface area contributed by atoms with Crippen molar-refractivity contribution in [1.29, 1.82) is 0 Å². The Morgan fingerprint density at radius 3 is 2.78 bits per heavy atom. The van der Waals surface area contributed by atoms with E-state index in [-0.39, 0.29) is 17.4 Å². The maximum atomic E-state index is 13.6. The van der Waals surface area contributed by atoms with E-state index in [1.165, 1.54) is 28.8 Å². The Morgan fingerprint density at radius 2 is 2.09 bits per heavy atom. The lowest BCUT2D eigenvalue weighted by Crippen LogP contribution is -2.44. The van der Waals surface area contributed by atoms with Crippen molar-refractivity contribution < 1.29 is 18.4 Å². The summed E-state index contributed by atoms with van der Waals surface area (Å²) in [5.74, 6) is 0.445. The van der Waals surface area contributed by atoms with Gasteiger partial charge in [0.25, 0.3) is 5.91 Å². The van der Waals surface area contributed by atoms with Gasteiger partial charge in [0, 0.05) is 5.75 Å². The molecule has 1 unspecified atom stereocenters. The summed E-state index contributed by atoms with van der Waals surface area (Å²) in [6, 6.07) is 8.57. The SMILES string of the molecule is Cc1ccc(C(=O)N2CSCC2C(=O)Nc2ccccc2F)o1. The van der Waals surface area contributed by atoms with Crippen molar-refractivity contribution in [2.45, 2.75) is 13.0 Å². The summed E-state index contributed by atoms with van der Waals surface area (Å²) in [4.78, 5) is 26.3. The van der Waals surface area contributed by atoms with Gasteiger partial charge in [-0.05, 0) is 31.2 Å². The second kappa shape index (κ2) is 6.45. The van der Waals surface area contributed by atoms with Crippen molar-refractivity contribution in [2.75, 3.05) is 16.9 Å². The molecule has 0 aliphatic carbocycles. The fraction of sp³-hybridized carbons (Fsp3) is 0.250. The van der Waals surface area contributed by atoms with Crippen molar-refractivity contribution in [3.63, 3.8) is 0 Å². The third-order valence-corrected chi connectivity index (χ3v) is 4.54. The number of para-hydroxylation sites is 1. The van der Waals surface area contributed by atoms with Crippen LogP contribution in [0.1, 0.15) is 16.3 Å². The average Bonchev–Trinajstić information content (AvgIpc) is 3.17. The number of nitrogens with one attached hydrogen (secondary N) is 1. The van der Waals surface area contributed by atoms with Crippen LogP contribution in [-0.4, -0.2) is 34.4 Å². The lowest BCUT2D eigenvalue weighted by atomic mass is 10.2. The molecule has 0 saturated carbocycles. The zero-order chi connectivity index (χ0) is 16.4. The van der Waals surface area contributed by atoms with Crippen LogP contribution < -0.4 is 5.32 Å². The van der Waals surface area contributed by atoms with Crippen LogP contribution in [-0.2, 0) is 4.79 Å². The predicted molar refractivity (Wildman–Crippen MR) is 85.8 cm³/mol. The van der Waals surface area contributed by atoms with E-state index in [4.69, 9.17) is 4.42 Å². The van der Waals surface area contributed by atoms with Gasteiger partial charge < -0.3 is 14.6 Å². The fourth-order valence-corrected chi connectivity index (χ4v) is 3.48. The molecule has 1 aromatic heterocycles. The molecule has 1 aliphatic rings. The van der Waals surface area contributed by atoms with Crippen LogP contribution in [0.25, 0.3) is 0 Å². The monoisotopic (exact) mass is 334 g/mol. The van der Waals surface area contributed by atoms with Gasteiger partial charge in [-0.3, -0.25) is 9.59 Å². The predicted octanol–water partition coefficient (Wildman–Crippen LogP) is 2.88. The van der Waals surface area contributed by atoms with Crippen LogP contribution in [0.5, 0.6) is 0 Å². The van der Waals surface area contributed by atoms with Crippen molar-refractivity contribution in [2.24, 2.45) is 0 Å². The minimum absolute atomic E-state index is 0.107. The summed E-state index contributed by atoms with van der Waals surface area (Å²) in [5.41, 5.74) is 0.107. The van der Waals surface area contributed by atoms with Gasteiger partial charge in [-0.25, -0.2) is 4.39 Å². The molecule has 1 aliphatic heterocycles. The minimum Gasteiger partial charge on any atom is -0.456 e. The number of hydrogen-bond donors (Lipinski definition) is 1. The highest BCUT2D eigenvalue weighted by molar-refractivity contribution is 7.99. The Kier molecular flexibility index (Phi) is 4.38. The Balaban J connectivity index is 1.75. The number of hydrogen-bond acceptors (Lipinski definition) is 4. The standard InChI is InChI=1S/C16H15FN2O3S/c1-10-6-7-14(22-10)16(21)19-9-23-8-13(19)15(20)18-12-5-3-2-4-11(12)17/h2-7,13H,8-9H2,1H3,(H,18,20). The van der Waals surface area contributed by atoms with Crippen LogP contribution in [0.3, 0.4) is 0 Å². The molecule has 23 heavy (non-hydrogen) atoms. The number of carbonyl (C=O) groups is 2. The molecule has 2 amide bonds. The maximum Gasteiger partial charge on any atom is 0.290 e. The van der Waals surface area contributed by atoms with E-state index in [0.717, 1.165) is 0 Å². The summed E-state index contributed by atoms with van der Waals surface area (Å²) in [6.45, 7) is 1.75. The summed E-state index contributed by atoms with van der Waals surface area (Å²) < 4.78 is 19.0. The van der Waals surface area contributed by atoms with Gasteiger partial charge >= 0.3 is 0 Å². The highest BCUT2D eigenvalue weighted by Gasteiger charge is 2.36. The molecular weight excluding hydrogens is 319 g/mol. The third kappa shape index (κ3) is 3.24. The Morgan fingerprint density at radius 1 is 1.30 bits per heavy atom. The second-order valence-electron chi connectivity index (χ2n) is 5.17. The molecule has 7 heteroatoms. The lowest BCUT2D eigenvalue weighted by molar-refractivity contribution is -0.119. The quantitative estimate of drug-likeness (QED) is 0.937. The van der Waals surface area contributed by atoms with Crippen LogP contribution in [0, 0.1) is 12.7 Å². The molecule has 2 heterocycles. The molecule has 0 radical (unpaired) electrons. The Hall–Kier alpha value is -2.28. The number of nitrogens with zero attached hydrogens (tertiary/aromatic N) is 1. The zero-order valence-corrected chi connectivity index (χ0v) is 13.2. The van der Waals surface area contributed by atoms with E-state index in [0.29, 0.717) is 17.4 Å². The van der Waals surface area contributed by atoms with Crippen LogP contribution in [0.2, 0.25) is 0 Å². The number of halogens is 1. The van der Waals surface area contributed by atoms with Crippen molar-refractivity contribution in [3.05, 3.63) is 53.7 Å². The molecule has 0 bridgehead atoms.